The van der Waals surface area contributed by atoms with Gasteiger partial charge < -0.3 is 10.5 Å². The zero-order chi connectivity index (χ0) is 11.9. The van der Waals surface area contributed by atoms with Gasteiger partial charge in [-0.05, 0) is 11.8 Å². The van der Waals surface area contributed by atoms with Crippen LogP contribution in [-0.2, 0) is 19.2 Å². The number of rotatable bonds is 6. The summed E-state index contributed by atoms with van der Waals surface area (Å²) in [5, 5.41) is 6.99. The Morgan fingerprint density at radius 2 is 2.20 bits per heavy atom. The van der Waals surface area contributed by atoms with Gasteiger partial charge in [-0.3, -0.25) is 14.1 Å². The molecule has 0 rings (SSSR count). The molecule has 0 aromatic carbocycles. The summed E-state index contributed by atoms with van der Waals surface area (Å²) in [6.45, 7) is 2.00. The molecule has 0 aliphatic rings. The third kappa shape index (κ3) is 6.48. The summed E-state index contributed by atoms with van der Waals surface area (Å²) in [6.07, 6.45) is 1.93. The molecule has 0 radical (unpaired) electrons. The highest BCUT2D eigenvalue weighted by molar-refractivity contribution is 7.99. The van der Waals surface area contributed by atoms with Crippen LogP contribution in [0.4, 0.5) is 0 Å². The minimum absolute atomic E-state index is 0.186. The fourth-order valence-electron chi connectivity index (χ4n) is 0.967. The molecule has 5 nitrogen and oxygen atoms in total. The number of hydrogen-bond acceptors (Lipinski definition) is 4. The van der Waals surface area contributed by atoms with Crippen LogP contribution in [0.1, 0.15) is 26.2 Å². The van der Waals surface area contributed by atoms with E-state index in [-0.39, 0.29) is 6.42 Å². The first kappa shape index (κ1) is 14.4. The van der Waals surface area contributed by atoms with Gasteiger partial charge in [-0.25, -0.2) is 0 Å². The monoisotopic (exact) mass is 236 g/mol. The molecule has 6 heteroatoms. The minimum atomic E-state index is -2.44. The highest BCUT2D eigenvalue weighted by Gasteiger charge is 2.12. The Labute approximate surface area is 91.3 Å². The zero-order valence-electron chi connectivity index (χ0n) is 9.27. The maximum Gasteiger partial charge on any atom is 0.322 e. The Hall–Kier alpha value is -0.590. The fraction of sp³-hybridized carbons (Fsp3) is 0.778. The number of ether oxygens (including phenoxy) is 1. The first-order valence-electron chi connectivity index (χ1n) is 4.89. The Bertz CT molecular complexity index is 308. The average Bonchev–Trinajstić information content (AvgIpc) is 2.22. The predicted molar refractivity (Wildman–Crippen MR) is 62.8 cm³/mol. The van der Waals surface area contributed by atoms with Crippen molar-refractivity contribution in [3.05, 3.63) is 0 Å². The van der Waals surface area contributed by atoms with Gasteiger partial charge in [0.15, 0.2) is 0 Å². The lowest BCUT2D eigenvalue weighted by Gasteiger charge is -2.08. The predicted octanol–water partition coefficient (Wildman–Crippen LogP) is -0.363. The highest BCUT2D eigenvalue weighted by Crippen LogP contribution is 1.95. The molecule has 0 saturated heterocycles. The summed E-state index contributed by atoms with van der Waals surface area (Å²) in [6, 6.07) is -0.777. The molecule has 90 valence electrons. The summed E-state index contributed by atoms with van der Waals surface area (Å²) in [5.41, 5.74) is 5.48. The zero-order valence-corrected chi connectivity index (χ0v) is 10.1. The minimum Gasteiger partial charge on any atom is -0.468 e. The van der Waals surface area contributed by atoms with Crippen molar-refractivity contribution < 1.29 is 13.7 Å². The number of esters is 1. The molecule has 2 atom stereocenters. The van der Waals surface area contributed by atoms with Gasteiger partial charge in [-0.1, -0.05) is 13.3 Å². The van der Waals surface area contributed by atoms with E-state index in [1.54, 1.807) is 0 Å². The second-order valence-electron chi connectivity index (χ2n) is 3.37. The lowest BCUT2D eigenvalue weighted by atomic mass is 10.2. The largest absolute Gasteiger partial charge is 0.468 e. The van der Waals surface area contributed by atoms with Crippen molar-refractivity contribution in [2.75, 3.05) is 12.9 Å². The van der Waals surface area contributed by atoms with Crippen molar-refractivity contribution >= 4 is 21.0 Å². The van der Waals surface area contributed by atoms with Crippen LogP contribution in [0.25, 0.3) is 0 Å². The van der Waals surface area contributed by atoms with E-state index < -0.39 is 21.7 Å². The molecule has 0 aromatic rings. The van der Waals surface area contributed by atoms with Crippen LogP contribution in [0.3, 0.4) is 0 Å². The van der Waals surface area contributed by atoms with Crippen LogP contribution >= 0.6 is 0 Å². The average molecular weight is 236 g/mol. The van der Waals surface area contributed by atoms with Gasteiger partial charge >= 0.3 is 5.97 Å². The molecule has 0 amide bonds. The van der Waals surface area contributed by atoms with Crippen molar-refractivity contribution in [3.8, 4) is 0 Å². The van der Waals surface area contributed by atoms with Crippen molar-refractivity contribution in [2.45, 2.75) is 32.2 Å². The molecule has 0 spiro atoms. The normalized spacial score (nSPS) is 16.5. The summed E-state index contributed by atoms with van der Waals surface area (Å²) < 4.78 is 16.1. The standard InChI is InChI=1S/C9H20N2O3S/c1-3-4-6-15(11,13)7-5-8(10)9(12)14-2/h7-8H,3-6,10H2,1-2H3,(H2,11,13)/t8-,15?/m0/s1. The number of methoxy groups -OCH3 is 1. The van der Waals surface area contributed by atoms with Gasteiger partial charge in [-0.15, -0.1) is 0 Å². The molecule has 1 unspecified atom stereocenters. The van der Waals surface area contributed by atoms with Gasteiger partial charge in [0.05, 0.1) is 7.11 Å². The Morgan fingerprint density at radius 1 is 1.60 bits per heavy atom. The Morgan fingerprint density at radius 3 is 2.67 bits per heavy atom. The highest BCUT2D eigenvalue weighted by atomic mass is 32.2. The third-order valence-corrected chi connectivity index (χ3v) is 3.64. The van der Waals surface area contributed by atoms with E-state index in [0.29, 0.717) is 5.75 Å². The lowest BCUT2D eigenvalue weighted by molar-refractivity contribution is -0.141. The van der Waals surface area contributed by atoms with E-state index in [1.165, 1.54) is 12.5 Å². The van der Waals surface area contributed by atoms with E-state index >= 15 is 0 Å². The van der Waals surface area contributed by atoms with E-state index in [4.69, 9.17) is 10.9 Å². The van der Waals surface area contributed by atoms with Gasteiger partial charge in [0, 0.05) is 21.9 Å². The van der Waals surface area contributed by atoms with Crippen LogP contribution in [0.15, 0.2) is 0 Å². The molecule has 4 N–H and O–H groups in total. The molecular weight excluding hydrogens is 216 g/mol. The van der Waals surface area contributed by atoms with Crippen molar-refractivity contribution in [1.82, 2.24) is 0 Å². The molecule has 0 fully saturated rings. The molecule has 0 heterocycles. The summed E-state index contributed by atoms with van der Waals surface area (Å²) in [7, 11) is -1.18. The third-order valence-electron chi connectivity index (χ3n) is 1.95. The number of hydrogen-bond donors (Lipinski definition) is 2. The van der Waals surface area contributed by atoms with E-state index in [0.717, 1.165) is 12.8 Å². The van der Waals surface area contributed by atoms with Crippen molar-refractivity contribution in [2.24, 2.45) is 10.9 Å². The number of unbranched alkanes of at least 4 members (excludes halogenated alkanes) is 1. The van der Waals surface area contributed by atoms with Gasteiger partial charge in [-0.2, -0.15) is 0 Å². The van der Waals surface area contributed by atoms with Crippen molar-refractivity contribution in [3.63, 3.8) is 0 Å². The Kier molecular flexibility index (Phi) is 6.55. The van der Waals surface area contributed by atoms with Gasteiger partial charge in [0.25, 0.3) is 0 Å². The Balaban J connectivity index is 4.25. The van der Waals surface area contributed by atoms with Crippen LogP contribution < -0.4 is 10.9 Å². The first-order chi connectivity index (χ1) is 6.93. The molecule has 0 bridgehead atoms. The second kappa shape index (κ2) is 6.81. The maximum atomic E-state index is 11.7. The molecule has 0 saturated carbocycles. The molecule has 0 aliphatic heterocycles. The molecule has 0 aromatic heterocycles. The smallest absolute Gasteiger partial charge is 0.322 e. The van der Waals surface area contributed by atoms with Crippen LogP contribution in [0.5, 0.6) is 0 Å². The maximum absolute atomic E-state index is 11.7. The molecule has 15 heavy (non-hydrogen) atoms. The summed E-state index contributed by atoms with van der Waals surface area (Å²) >= 11 is 0. The van der Waals surface area contributed by atoms with Crippen molar-refractivity contribution in [1.29, 1.82) is 0 Å². The quantitative estimate of drug-likeness (QED) is 0.486. The lowest BCUT2D eigenvalue weighted by Crippen LogP contribution is -2.33. The molecular formula is C9H20N2O3S. The van der Waals surface area contributed by atoms with Crippen LogP contribution in [-0.4, -0.2) is 34.5 Å². The summed E-state index contributed by atoms with van der Waals surface area (Å²) in [5.74, 6) is -0.0749. The van der Waals surface area contributed by atoms with Gasteiger partial charge in [0.2, 0.25) is 0 Å². The topological polar surface area (TPSA) is 95.4 Å². The first-order valence-corrected chi connectivity index (χ1v) is 6.74. The second-order valence-corrected chi connectivity index (χ2v) is 5.67. The summed E-state index contributed by atoms with van der Waals surface area (Å²) in [4.78, 5) is 10.9. The van der Waals surface area contributed by atoms with Crippen LogP contribution in [0, 0.1) is 0 Å². The number of carbonyl (C=O) groups is 1. The molecule has 0 aliphatic carbocycles. The fourth-order valence-corrected chi connectivity index (χ4v) is 2.41. The van der Waals surface area contributed by atoms with Gasteiger partial charge in [0.1, 0.15) is 6.04 Å². The van der Waals surface area contributed by atoms with E-state index in [1.807, 2.05) is 6.92 Å². The van der Waals surface area contributed by atoms with E-state index in [9.17, 15) is 9.00 Å². The SMILES string of the molecule is CCCCS(N)(=O)=CC[C@H](N)C(=O)OC. The van der Waals surface area contributed by atoms with Crippen LogP contribution in [0.2, 0.25) is 0 Å². The number of nitrogens with two attached hydrogens (primary N) is 2. The van der Waals surface area contributed by atoms with E-state index in [2.05, 4.69) is 4.74 Å². The number of carbonyl (C=O) groups excluding carboxylic acids is 1.